The van der Waals surface area contributed by atoms with Crippen molar-refractivity contribution < 1.29 is 0 Å². The van der Waals surface area contributed by atoms with Gasteiger partial charge in [0.05, 0.1) is 5.02 Å². The van der Waals surface area contributed by atoms with Crippen LogP contribution in [0.4, 0.5) is 0 Å². The van der Waals surface area contributed by atoms with Crippen LogP contribution in [0.25, 0.3) is 11.0 Å². The second-order valence-electron chi connectivity index (χ2n) is 2.43. The lowest BCUT2D eigenvalue weighted by Crippen LogP contribution is -1.85. The van der Waals surface area contributed by atoms with E-state index in [1.54, 1.807) is 6.07 Å². The van der Waals surface area contributed by atoms with Gasteiger partial charge in [-0.2, -0.15) is 0 Å². The zero-order chi connectivity index (χ0) is 9.42. The molecular weight excluding hydrogens is 275 g/mol. The summed E-state index contributed by atoms with van der Waals surface area (Å²) in [4.78, 5) is 8.17. The van der Waals surface area contributed by atoms with Gasteiger partial charge in [-0.05, 0) is 34.1 Å². The number of hydrogen-bond donors (Lipinski definition) is 0. The Morgan fingerprint density at radius 3 is 2.69 bits per heavy atom. The van der Waals surface area contributed by atoms with E-state index in [1.165, 1.54) is 0 Å². The van der Waals surface area contributed by atoms with E-state index in [0.717, 1.165) is 5.39 Å². The summed E-state index contributed by atoms with van der Waals surface area (Å²) >= 11 is 14.9. The molecule has 0 spiro atoms. The van der Waals surface area contributed by atoms with Crippen LogP contribution >= 0.6 is 39.1 Å². The summed E-state index contributed by atoms with van der Waals surface area (Å²) in [7, 11) is 0. The van der Waals surface area contributed by atoms with Crippen molar-refractivity contribution in [3.05, 3.63) is 33.0 Å². The number of pyridine rings is 2. The van der Waals surface area contributed by atoms with Crippen molar-refractivity contribution in [1.29, 1.82) is 0 Å². The molecule has 0 saturated heterocycles. The minimum Gasteiger partial charge on any atom is -0.221 e. The number of halogens is 3. The van der Waals surface area contributed by atoms with E-state index in [0.29, 0.717) is 20.4 Å². The molecule has 13 heavy (non-hydrogen) atoms. The first-order valence-electron chi connectivity index (χ1n) is 3.45. The molecule has 0 fully saturated rings. The summed E-state index contributed by atoms with van der Waals surface area (Å²) in [5.41, 5.74) is 0.548. The summed E-state index contributed by atoms with van der Waals surface area (Å²) < 4.78 is 0.714. The molecule has 2 aromatic rings. The van der Waals surface area contributed by atoms with Crippen LogP contribution in [0.3, 0.4) is 0 Å². The highest BCUT2D eigenvalue weighted by Gasteiger charge is 2.03. The SMILES string of the molecule is Clc1cc(Cl)c2ccc(Br)nc2n1. The summed E-state index contributed by atoms with van der Waals surface area (Å²) in [6.07, 6.45) is 0. The van der Waals surface area contributed by atoms with Crippen LogP contribution in [0.2, 0.25) is 10.2 Å². The predicted molar refractivity (Wildman–Crippen MR) is 57.3 cm³/mol. The molecule has 2 heterocycles. The molecule has 0 radical (unpaired) electrons. The lowest BCUT2D eigenvalue weighted by molar-refractivity contribution is 1.26. The number of hydrogen-bond acceptors (Lipinski definition) is 2. The van der Waals surface area contributed by atoms with E-state index in [1.807, 2.05) is 12.1 Å². The minimum atomic E-state index is 0.350. The van der Waals surface area contributed by atoms with Gasteiger partial charge < -0.3 is 0 Å². The number of nitrogens with zero attached hydrogens (tertiary/aromatic N) is 2. The molecule has 0 amide bonds. The van der Waals surface area contributed by atoms with Gasteiger partial charge in [0.1, 0.15) is 9.76 Å². The lowest BCUT2D eigenvalue weighted by Gasteiger charge is -1.99. The molecule has 0 aliphatic carbocycles. The van der Waals surface area contributed by atoms with E-state index in [9.17, 15) is 0 Å². The normalized spacial score (nSPS) is 10.7. The van der Waals surface area contributed by atoms with Crippen molar-refractivity contribution in [2.45, 2.75) is 0 Å². The molecule has 2 rings (SSSR count). The van der Waals surface area contributed by atoms with Crippen molar-refractivity contribution in [2.75, 3.05) is 0 Å². The van der Waals surface area contributed by atoms with Crippen LogP contribution in [-0.2, 0) is 0 Å². The maximum Gasteiger partial charge on any atom is 0.163 e. The molecule has 0 aliphatic rings. The average Bonchev–Trinajstić information content (AvgIpc) is 2.02. The highest BCUT2D eigenvalue weighted by Crippen LogP contribution is 2.24. The van der Waals surface area contributed by atoms with E-state index >= 15 is 0 Å². The largest absolute Gasteiger partial charge is 0.221 e. The average molecular weight is 278 g/mol. The molecule has 0 aliphatic heterocycles. The number of rotatable bonds is 0. The first-order valence-corrected chi connectivity index (χ1v) is 5.00. The zero-order valence-corrected chi connectivity index (χ0v) is 9.36. The molecule has 0 unspecified atom stereocenters. The third-order valence-electron chi connectivity index (χ3n) is 1.56. The highest BCUT2D eigenvalue weighted by molar-refractivity contribution is 9.10. The zero-order valence-electron chi connectivity index (χ0n) is 6.26. The fourth-order valence-corrected chi connectivity index (χ4v) is 1.81. The molecule has 0 aromatic carbocycles. The van der Waals surface area contributed by atoms with E-state index in [-0.39, 0.29) is 0 Å². The van der Waals surface area contributed by atoms with Gasteiger partial charge >= 0.3 is 0 Å². The van der Waals surface area contributed by atoms with Crippen LogP contribution in [0.5, 0.6) is 0 Å². The third-order valence-corrected chi connectivity index (χ3v) is 2.50. The number of fused-ring (bicyclic) bond motifs is 1. The topological polar surface area (TPSA) is 25.8 Å². The Kier molecular flexibility index (Phi) is 2.41. The Balaban J connectivity index is 2.86. The Labute approximate surface area is 93.0 Å². The van der Waals surface area contributed by atoms with Gasteiger partial charge in [-0.1, -0.05) is 23.2 Å². The summed E-state index contributed by atoms with van der Waals surface area (Å²) in [6.45, 7) is 0. The number of aromatic nitrogens is 2. The van der Waals surface area contributed by atoms with E-state index in [4.69, 9.17) is 23.2 Å². The van der Waals surface area contributed by atoms with Gasteiger partial charge in [0, 0.05) is 5.39 Å². The van der Waals surface area contributed by atoms with Gasteiger partial charge in [0.15, 0.2) is 5.65 Å². The van der Waals surface area contributed by atoms with Crippen LogP contribution in [0.15, 0.2) is 22.8 Å². The smallest absolute Gasteiger partial charge is 0.163 e. The second-order valence-corrected chi connectivity index (χ2v) is 4.04. The van der Waals surface area contributed by atoms with Crippen molar-refractivity contribution in [3.8, 4) is 0 Å². The Bertz CT molecular complexity index is 468. The monoisotopic (exact) mass is 276 g/mol. The molecule has 2 nitrogen and oxygen atoms in total. The maximum atomic E-state index is 5.93. The molecule has 66 valence electrons. The van der Waals surface area contributed by atoms with E-state index < -0.39 is 0 Å². The van der Waals surface area contributed by atoms with Crippen molar-refractivity contribution >= 4 is 50.2 Å². The summed E-state index contributed by atoms with van der Waals surface area (Å²) in [5, 5.41) is 1.72. The molecule has 0 saturated carbocycles. The molecule has 0 N–H and O–H groups in total. The Morgan fingerprint density at radius 1 is 1.15 bits per heavy atom. The van der Waals surface area contributed by atoms with Crippen molar-refractivity contribution in [1.82, 2.24) is 9.97 Å². The minimum absolute atomic E-state index is 0.350. The van der Waals surface area contributed by atoms with Gasteiger partial charge in [-0.25, -0.2) is 9.97 Å². The molecule has 2 aromatic heterocycles. The van der Waals surface area contributed by atoms with Crippen LogP contribution in [0.1, 0.15) is 0 Å². The molecule has 5 heteroatoms. The highest BCUT2D eigenvalue weighted by atomic mass is 79.9. The quantitative estimate of drug-likeness (QED) is 0.686. The first kappa shape index (κ1) is 9.19. The first-order chi connectivity index (χ1) is 6.16. The lowest BCUT2D eigenvalue weighted by atomic mass is 10.3. The fourth-order valence-electron chi connectivity index (χ4n) is 1.01. The standard InChI is InChI=1S/C8H3BrCl2N2/c9-6-2-1-4-5(10)3-7(11)13-8(4)12-6/h1-3H. The molecule has 0 atom stereocenters. The van der Waals surface area contributed by atoms with Crippen molar-refractivity contribution in [3.63, 3.8) is 0 Å². The van der Waals surface area contributed by atoms with E-state index in [2.05, 4.69) is 25.9 Å². The Hall–Kier alpha value is -0.380. The van der Waals surface area contributed by atoms with Crippen LogP contribution < -0.4 is 0 Å². The summed E-state index contributed by atoms with van der Waals surface area (Å²) in [6, 6.07) is 5.25. The summed E-state index contributed by atoms with van der Waals surface area (Å²) in [5.74, 6) is 0. The van der Waals surface area contributed by atoms with Crippen LogP contribution in [-0.4, -0.2) is 9.97 Å². The fraction of sp³-hybridized carbons (Fsp3) is 0. The van der Waals surface area contributed by atoms with Gasteiger partial charge in [-0.15, -0.1) is 0 Å². The van der Waals surface area contributed by atoms with Gasteiger partial charge in [0.2, 0.25) is 0 Å². The third kappa shape index (κ3) is 1.77. The predicted octanol–water partition coefficient (Wildman–Crippen LogP) is 3.70. The Morgan fingerprint density at radius 2 is 1.92 bits per heavy atom. The van der Waals surface area contributed by atoms with Crippen LogP contribution in [0, 0.1) is 0 Å². The van der Waals surface area contributed by atoms with Gasteiger partial charge in [0.25, 0.3) is 0 Å². The maximum absolute atomic E-state index is 5.93. The second kappa shape index (κ2) is 3.40. The molecule has 0 bridgehead atoms. The van der Waals surface area contributed by atoms with Crippen molar-refractivity contribution in [2.24, 2.45) is 0 Å². The van der Waals surface area contributed by atoms with Gasteiger partial charge in [-0.3, -0.25) is 0 Å². The molecular formula is C8H3BrCl2N2.